The molecule has 0 atom stereocenters. The average Bonchev–Trinajstić information content (AvgIpc) is 2.55. The summed E-state index contributed by atoms with van der Waals surface area (Å²) in [5.41, 5.74) is 0.757. The lowest BCUT2D eigenvalue weighted by Gasteiger charge is -2.37. The molecule has 0 saturated carbocycles. The van der Waals surface area contributed by atoms with Gasteiger partial charge in [0.25, 0.3) is 0 Å². The molecule has 1 heterocycles. The van der Waals surface area contributed by atoms with Crippen molar-refractivity contribution in [1.29, 1.82) is 0 Å². The van der Waals surface area contributed by atoms with Crippen molar-refractivity contribution >= 4 is 19.9 Å². The van der Waals surface area contributed by atoms with E-state index in [1.54, 1.807) is 26.0 Å². The number of hydrogen-bond donors (Lipinski definition) is 0. The van der Waals surface area contributed by atoms with Crippen LogP contribution >= 0.6 is 0 Å². The van der Waals surface area contributed by atoms with Gasteiger partial charge in [0.05, 0.1) is 16.8 Å². The second-order valence-electron chi connectivity index (χ2n) is 6.33. The molecule has 0 spiro atoms. The monoisotopic (exact) mass is 413 g/mol. The van der Waals surface area contributed by atoms with E-state index in [4.69, 9.17) is 4.74 Å². The Bertz CT molecular complexity index is 1040. The van der Waals surface area contributed by atoms with Gasteiger partial charge in [-0.05, 0) is 55.8 Å². The highest BCUT2D eigenvalue weighted by Gasteiger charge is 2.45. The van der Waals surface area contributed by atoms with Crippen molar-refractivity contribution in [2.45, 2.75) is 28.9 Å². The number of benzene rings is 2. The molecule has 6 nitrogen and oxygen atoms in total. The van der Waals surface area contributed by atoms with Gasteiger partial charge in [-0.3, -0.25) is 0 Å². The molecule has 2 aromatic carbocycles. The summed E-state index contributed by atoms with van der Waals surface area (Å²) in [5, 5.41) is -0.863. The van der Waals surface area contributed by atoms with Gasteiger partial charge in [0.2, 0.25) is 10.0 Å². The molecule has 1 fully saturated rings. The standard InChI is InChI=1S/C18H20FNO5S2/c1-3-25-17-9-4-13(2)10-18(17)27(23,24)20-11-16(12-20)26(21,22)15-7-5-14(19)6-8-15/h4-10,16H,3,11-12H2,1-2H3. The van der Waals surface area contributed by atoms with Crippen LogP contribution in [-0.4, -0.2) is 46.1 Å². The zero-order valence-corrected chi connectivity index (χ0v) is 16.6. The molecule has 0 N–H and O–H groups in total. The Morgan fingerprint density at radius 1 is 1.07 bits per heavy atom. The van der Waals surface area contributed by atoms with E-state index in [1.807, 2.05) is 0 Å². The normalized spacial score (nSPS) is 16.1. The maximum Gasteiger partial charge on any atom is 0.246 e. The predicted octanol–water partition coefficient (Wildman–Crippen LogP) is 2.38. The van der Waals surface area contributed by atoms with Gasteiger partial charge in [0.15, 0.2) is 9.84 Å². The maximum absolute atomic E-state index is 13.0. The van der Waals surface area contributed by atoms with Crippen molar-refractivity contribution in [3.63, 3.8) is 0 Å². The lowest BCUT2D eigenvalue weighted by molar-refractivity contribution is 0.302. The molecular formula is C18H20FNO5S2. The fourth-order valence-corrected chi connectivity index (χ4v) is 6.43. The zero-order valence-electron chi connectivity index (χ0n) is 14.9. The fraction of sp³-hybridized carbons (Fsp3) is 0.333. The summed E-state index contributed by atoms with van der Waals surface area (Å²) >= 11 is 0. The quantitative estimate of drug-likeness (QED) is 0.680. The van der Waals surface area contributed by atoms with Crippen LogP contribution in [0, 0.1) is 12.7 Å². The van der Waals surface area contributed by atoms with E-state index in [1.165, 1.54) is 18.2 Å². The molecule has 1 aliphatic rings. The number of aryl methyl sites for hydroxylation is 1. The van der Waals surface area contributed by atoms with Crippen molar-refractivity contribution in [2.24, 2.45) is 0 Å². The van der Waals surface area contributed by atoms with E-state index >= 15 is 0 Å². The second-order valence-corrected chi connectivity index (χ2v) is 10.5. The molecule has 1 aliphatic heterocycles. The average molecular weight is 413 g/mol. The molecule has 9 heteroatoms. The van der Waals surface area contributed by atoms with Gasteiger partial charge in [-0.15, -0.1) is 0 Å². The third kappa shape index (κ3) is 3.71. The maximum atomic E-state index is 13.0. The van der Waals surface area contributed by atoms with Crippen LogP contribution in [0.5, 0.6) is 5.75 Å². The minimum Gasteiger partial charge on any atom is -0.492 e. The number of halogens is 1. The minimum absolute atomic E-state index is 0.0171. The Morgan fingerprint density at radius 3 is 2.30 bits per heavy atom. The number of rotatable bonds is 6. The van der Waals surface area contributed by atoms with Crippen LogP contribution < -0.4 is 4.74 Å². The summed E-state index contributed by atoms with van der Waals surface area (Å²) in [5.74, 6) is -0.289. The Morgan fingerprint density at radius 2 is 1.70 bits per heavy atom. The van der Waals surface area contributed by atoms with E-state index in [0.29, 0.717) is 6.61 Å². The lowest BCUT2D eigenvalue weighted by atomic mass is 10.2. The third-order valence-electron chi connectivity index (χ3n) is 4.41. The van der Waals surface area contributed by atoms with E-state index in [-0.39, 0.29) is 28.6 Å². The molecule has 3 rings (SSSR count). The molecule has 2 aromatic rings. The Labute approximate surface area is 158 Å². The summed E-state index contributed by atoms with van der Waals surface area (Å²) < 4.78 is 70.6. The first kappa shape index (κ1) is 19.8. The first-order valence-corrected chi connectivity index (χ1v) is 11.4. The summed E-state index contributed by atoms with van der Waals surface area (Å²) in [4.78, 5) is 0.0125. The molecule has 27 heavy (non-hydrogen) atoms. The van der Waals surface area contributed by atoms with Crippen LogP contribution in [0.4, 0.5) is 4.39 Å². The SMILES string of the molecule is CCOc1ccc(C)cc1S(=O)(=O)N1CC(S(=O)(=O)c2ccc(F)cc2)C1. The van der Waals surface area contributed by atoms with Gasteiger partial charge in [0.1, 0.15) is 16.5 Å². The molecule has 0 unspecified atom stereocenters. The highest BCUT2D eigenvalue weighted by atomic mass is 32.2. The largest absolute Gasteiger partial charge is 0.492 e. The molecule has 146 valence electrons. The molecule has 0 bridgehead atoms. The van der Waals surface area contributed by atoms with Gasteiger partial charge in [-0.25, -0.2) is 21.2 Å². The molecule has 0 aliphatic carbocycles. The van der Waals surface area contributed by atoms with Crippen molar-refractivity contribution in [3.05, 3.63) is 53.8 Å². The topological polar surface area (TPSA) is 80.8 Å². The predicted molar refractivity (Wildman–Crippen MR) is 98.5 cm³/mol. The molecule has 0 radical (unpaired) electrons. The summed E-state index contributed by atoms with van der Waals surface area (Å²) in [6, 6.07) is 9.38. The smallest absolute Gasteiger partial charge is 0.246 e. The molecular weight excluding hydrogens is 393 g/mol. The molecule has 1 saturated heterocycles. The minimum atomic E-state index is -3.88. The van der Waals surface area contributed by atoms with E-state index in [0.717, 1.165) is 22.0 Å². The van der Waals surface area contributed by atoms with Crippen molar-refractivity contribution in [3.8, 4) is 5.75 Å². The van der Waals surface area contributed by atoms with Crippen LogP contribution in [0.15, 0.2) is 52.3 Å². The summed E-state index contributed by atoms with van der Waals surface area (Å²) in [6.45, 7) is 3.54. The van der Waals surface area contributed by atoms with Crippen molar-refractivity contribution < 1.29 is 26.0 Å². The van der Waals surface area contributed by atoms with Crippen molar-refractivity contribution in [1.82, 2.24) is 4.31 Å². The van der Waals surface area contributed by atoms with Gasteiger partial charge in [-0.2, -0.15) is 4.31 Å². The Kier molecular flexibility index (Phi) is 5.29. The Balaban J connectivity index is 1.83. The third-order valence-corrected chi connectivity index (χ3v) is 8.37. The number of ether oxygens (including phenoxy) is 1. The van der Waals surface area contributed by atoms with E-state index in [2.05, 4.69) is 0 Å². The van der Waals surface area contributed by atoms with Gasteiger partial charge < -0.3 is 4.74 Å². The highest BCUT2D eigenvalue weighted by molar-refractivity contribution is 7.92. The highest BCUT2D eigenvalue weighted by Crippen LogP contribution is 2.33. The molecule has 0 aromatic heterocycles. The fourth-order valence-electron chi connectivity index (χ4n) is 2.84. The van der Waals surface area contributed by atoms with Crippen LogP contribution in [0.3, 0.4) is 0 Å². The first-order chi connectivity index (χ1) is 12.7. The Hall–Kier alpha value is -1.97. The van der Waals surface area contributed by atoms with Crippen LogP contribution in [0.25, 0.3) is 0 Å². The van der Waals surface area contributed by atoms with E-state index < -0.39 is 30.9 Å². The number of nitrogens with zero attached hydrogens (tertiary/aromatic N) is 1. The van der Waals surface area contributed by atoms with Crippen molar-refractivity contribution in [2.75, 3.05) is 19.7 Å². The van der Waals surface area contributed by atoms with Crippen LogP contribution in [0.2, 0.25) is 0 Å². The van der Waals surface area contributed by atoms with Gasteiger partial charge >= 0.3 is 0 Å². The summed E-state index contributed by atoms with van der Waals surface area (Å²) in [6.07, 6.45) is 0. The first-order valence-electron chi connectivity index (χ1n) is 8.39. The molecule has 0 amide bonds. The number of hydrogen-bond acceptors (Lipinski definition) is 5. The number of sulfone groups is 1. The zero-order chi connectivity index (χ0) is 19.8. The second kappa shape index (κ2) is 7.21. The van der Waals surface area contributed by atoms with Crippen LogP contribution in [-0.2, 0) is 19.9 Å². The summed E-state index contributed by atoms with van der Waals surface area (Å²) in [7, 11) is -7.60. The van der Waals surface area contributed by atoms with Crippen LogP contribution in [0.1, 0.15) is 12.5 Å². The van der Waals surface area contributed by atoms with Gasteiger partial charge in [-0.1, -0.05) is 6.07 Å². The number of sulfonamides is 1. The van der Waals surface area contributed by atoms with Gasteiger partial charge in [0, 0.05) is 13.1 Å². The van der Waals surface area contributed by atoms with E-state index in [9.17, 15) is 21.2 Å². The lowest BCUT2D eigenvalue weighted by Crippen LogP contribution is -2.56.